The maximum atomic E-state index is 5.74. The lowest BCUT2D eigenvalue weighted by Gasteiger charge is -2.48. The molecule has 0 radical (unpaired) electrons. The maximum absolute atomic E-state index is 5.74. The van der Waals surface area contributed by atoms with Gasteiger partial charge in [0, 0.05) is 58.7 Å². The van der Waals surface area contributed by atoms with Crippen LogP contribution in [0.1, 0.15) is 56.4 Å². The number of hydrogen-bond donors (Lipinski definition) is 2. The van der Waals surface area contributed by atoms with E-state index in [-0.39, 0.29) is 0 Å². The molecule has 1 aliphatic heterocycles. The van der Waals surface area contributed by atoms with Gasteiger partial charge in [-0.1, -0.05) is 22.9 Å². The number of aromatic amines is 1. The molecule has 4 nitrogen and oxygen atoms in total. The summed E-state index contributed by atoms with van der Waals surface area (Å²) in [7, 11) is 0. The Kier molecular flexibility index (Phi) is 6.24. The van der Waals surface area contributed by atoms with Crippen molar-refractivity contribution in [2.75, 3.05) is 26.2 Å². The SMILES string of the molecule is CCCN1C[C@@H](NC(=S)N(CC)CC)C[C@@H]2c3cc(Br)cc4[nH]c(C)c(c34)C[C@H]21. The third kappa shape index (κ3) is 3.84. The van der Waals surface area contributed by atoms with E-state index in [4.69, 9.17) is 12.2 Å². The smallest absolute Gasteiger partial charge is 0.169 e. The zero-order valence-electron chi connectivity index (χ0n) is 18.0. The minimum Gasteiger partial charge on any atom is -0.359 e. The molecule has 1 aromatic carbocycles. The highest BCUT2D eigenvalue weighted by atomic mass is 79.9. The normalized spacial score (nSPS) is 23.8. The molecule has 4 rings (SSSR count). The Morgan fingerprint density at radius 2 is 2.07 bits per heavy atom. The number of fused-ring (bicyclic) bond motifs is 2. The van der Waals surface area contributed by atoms with Gasteiger partial charge in [0.15, 0.2) is 5.11 Å². The highest BCUT2D eigenvalue weighted by molar-refractivity contribution is 9.10. The van der Waals surface area contributed by atoms with Crippen LogP contribution >= 0.6 is 28.1 Å². The van der Waals surface area contributed by atoms with E-state index in [1.165, 1.54) is 38.6 Å². The Balaban J connectivity index is 1.69. The van der Waals surface area contributed by atoms with Crippen molar-refractivity contribution in [3.63, 3.8) is 0 Å². The van der Waals surface area contributed by atoms with E-state index in [1.807, 2.05) is 0 Å². The molecule has 2 N–H and O–H groups in total. The number of likely N-dealkylation sites (tertiary alicyclic amines) is 1. The average molecular weight is 478 g/mol. The van der Waals surface area contributed by atoms with E-state index in [0.717, 1.165) is 44.1 Å². The lowest BCUT2D eigenvalue weighted by molar-refractivity contribution is 0.104. The first-order valence-electron chi connectivity index (χ1n) is 11.1. The number of aromatic nitrogens is 1. The third-order valence-electron chi connectivity index (χ3n) is 6.84. The predicted octanol–water partition coefficient (Wildman–Crippen LogP) is 4.95. The number of aryl methyl sites for hydroxylation is 1. The van der Waals surface area contributed by atoms with Crippen LogP contribution in [-0.2, 0) is 6.42 Å². The molecule has 1 saturated heterocycles. The second kappa shape index (κ2) is 8.56. The van der Waals surface area contributed by atoms with Crippen LogP contribution in [0, 0.1) is 6.92 Å². The van der Waals surface area contributed by atoms with Crippen molar-refractivity contribution in [1.82, 2.24) is 20.1 Å². The lowest BCUT2D eigenvalue weighted by atomic mass is 9.73. The first-order valence-corrected chi connectivity index (χ1v) is 12.3. The molecule has 1 aliphatic carbocycles. The Labute approximate surface area is 188 Å². The van der Waals surface area contributed by atoms with Crippen LogP contribution in [0.15, 0.2) is 16.6 Å². The Bertz CT molecular complexity index is 904. The molecule has 0 spiro atoms. The van der Waals surface area contributed by atoms with E-state index in [9.17, 15) is 0 Å². The summed E-state index contributed by atoms with van der Waals surface area (Å²) >= 11 is 9.50. The predicted molar refractivity (Wildman–Crippen MR) is 130 cm³/mol. The fraction of sp³-hybridized carbons (Fsp3) is 0.609. The van der Waals surface area contributed by atoms with E-state index in [0.29, 0.717) is 18.0 Å². The average Bonchev–Trinajstić information content (AvgIpc) is 2.99. The van der Waals surface area contributed by atoms with Gasteiger partial charge >= 0.3 is 0 Å². The van der Waals surface area contributed by atoms with Gasteiger partial charge in [0.1, 0.15) is 0 Å². The van der Waals surface area contributed by atoms with Crippen LogP contribution in [0.5, 0.6) is 0 Å². The van der Waals surface area contributed by atoms with Crippen molar-refractivity contribution >= 4 is 44.2 Å². The summed E-state index contributed by atoms with van der Waals surface area (Å²) in [5.74, 6) is 0.537. The van der Waals surface area contributed by atoms with Crippen molar-refractivity contribution in [1.29, 1.82) is 0 Å². The van der Waals surface area contributed by atoms with Crippen molar-refractivity contribution < 1.29 is 0 Å². The molecule has 2 aliphatic rings. The molecule has 2 aromatic rings. The molecule has 0 bridgehead atoms. The molecule has 6 heteroatoms. The molecule has 0 amide bonds. The first-order chi connectivity index (χ1) is 14.0. The van der Waals surface area contributed by atoms with Gasteiger partial charge in [-0.2, -0.15) is 0 Å². The van der Waals surface area contributed by atoms with Gasteiger partial charge in [-0.05, 0) is 82.1 Å². The highest BCUT2D eigenvalue weighted by Crippen LogP contribution is 2.45. The summed E-state index contributed by atoms with van der Waals surface area (Å²) < 4.78 is 1.17. The molecule has 158 valence electrons. The largest absolute Gasteiger partial charge is 0.359 e. The van der Waals surface area contributed by atoms with Crippen LogP contribution in [0.4, 0.5) is 0 Å². The van der Waals surface area contributed by atoms with Crippen molar-refractivity contribution in [2.24, 2.45) is 0 Å². The lowest BCUT2D eigenvalue weighted by Crippen LogP contribution is -2.57. The molecular formula is C23H33BrN4S. The van der Waals surface area contributed by atoms with Crippen molar-refractivity contribution in [3.8, 4) is 0 Å². The molecule has 1 aromatic heterocycles. The highest BCUT2D eigenvalue weighted by Gasteiger charge is 2.41. The van der Waals surface area contributed by atoms with Crippen molar-refractivity contribution in [3.05, 3.63) is 33.4 Å². The van der Waals surface area contributed by atoms with E-state index < -0.39 is 0 Å². The summed E-state index contributed by atoms with van der Waals surface area (Å²) in [4.78, 5) is 8.61. The van der Waals surface area contributed by atoms with Crippen LogP contribution in [-0.4, -0.2) is 58.2 Å². The minimum absolute atomic E-state index is 0.395. The summed E-state index contributed by atoms with van der Waals surface area (Å²) in [5.41, 5.74) is 5.63. The molecule has 0 saturated carbocycles. The number of rotatable bonds is 5. The van der Waals surface area contributed by atoms with E-state index in [1.54, 1.807) is 0 Å². The third-order valence-corrected chi connectivity index (χ3v) is 7.67. The van der Waals surface area contributed by atoms with Crippen LogP contribution in [0.25, 0.3) is 10.9 Å². The molecule has 2 heterocycles. The molecule has 3 atom stereocenters. The monoisotopic (exact) mass is 476 g/mol. The number of piperidine rings is 1. The maximum Gasteiger partial charge on any atom is 0.169 e. The molecule has 29 heavy (non-hydrogen) atoms. The van der Waals surface area contributed by atoms with Gasteiger partial charge in [-0.25, -0.2) is 0 Å². The number of thiocarbonyl (C=S) groups is 1. The molecule has 1 fully saturated rings. The van der Waals surface area contributed by atoms with Crippen LogP contribution in [0.2, 0.25) is 0 Å². The summed E-state index contributed by atoms with van der Waals surface area (Å²) in [6.45, 7) is 13.0. The molecular weight excluding hydrogens is 444 g/mol. The van der Waals surface area contributed by atoms with Gasteiger partial charge in [0.2, 0.25) is 0 Å². The quantitative estimate of drug-likeness (QED) is 0.598. The summed E-state index contributed by atoms with van der Waals surface area (Å²) in [6.07, 6.45) is 3.48. The topological polar surface area (TPSA) is 34.3 Å². The Morgan fingerprint density at radius 1 is 1.31 bits per heavy atom. The van der Waals surface area contributed by atoms with Gasteiger partial charge in [0.05, 0.1) is 0 Å². The number of benzene rings is 1. The number of H-pyrrole nitrogens is 1. The zero-order chi connectivity index (χ0) is 20.7. The number of hydrogen-bond acceptors (Lipinski definition) is 2. The van der Waals surface area contributed by atoms with E-state index in [2.05, 4.69) is 75.9 Å². The second-order valence-electron chi connectivity index (χ2n) is 8.57. The first kappa shape index (κ1) is 21.1. The standard InChI is InChI=1S/C23H33BrN4S/c1-5-8-28-13-16(26-23(29)27(6-2)7-3)11-18-19-9-15(24)10-20-22(19)17(12-21(18)28)14(4)25-20/h9-10,16,18,21,25H,5-8,11-13H2,1-4H3,(H,26,29)/t16-,18+,21+/m0/s1. The van der Waals surface area contributed by atoms with Crippen LogP contribution < -0.4 is 5.32 Å². The number of nitrogens with zero attached hydrogens (tertiary/aromatic N) is 2. The summed E-state index contributed by atoms with van der Waals surface area (Å²) in [6, 6.07) is 5.57. The molecule has 0 unspecified atom stereocenters. The minimum atomic E-state index is 0.395. The fourth-order valence-corrected chi connectivity index (χ4v) is 6.43. The van der Waals surface area contributed by atoms with Gasteiger partial charge in [0.25, 0.3) is 0 Å². The number of halogens is 1. The van der Waals surface area contributed by atoms with Gasteiger partial charge in [-0.3, -0.25) is 4.90 Å². The Morgan fingerprint density at radius 3 is 2.76 bits per heavy atom. The van der Waals surface area contributed by atoms with Gasteiger partial charge in [-0.15, -0.1) is 0 Å². The fourth-order valence-electron chi connectivity index (χ4n) is 5.53. The van der Waals surface area contributed by atoms with E-state index >= 15 is 0 Å². The zero-order valence-corrected chi connectivity index (χ0v) is 20.4. The second-order valence-corrected chi connectivity index (χ2v) is 9.88. The van der Waals surface area contributed by atoms with Crippen LogP contribution in [0.3, 0.4) is 0 Å². The number of nitrogens with one attached hydrogen (secondary N) is 2. The van der Waals surface area contributed by atoms with Crippen molar-refractivity contribution in [2.45, 2.75) is 65.0 Å². The Hall–Kier alpha value is -1.11. The van der Waals surface area contributed by atoms with Gasteiger partial charge < -0.3 is 15.2 Å². The summed E-state index contributed by atoms with van der Waals surface area (Å²) in [5, 5.41) is 6.09.